The summed E-state index contributed by atoms with van der Waals surface area (Å²) < 4.78 is 38.0. The smallest absolute Gasteiger partial charge is 0.165 e. The van der Waals surface area contributed by atoms with Gasteiger partial charge in [-0.1, -0.05) is 6.07 Å². The molecule has 2 aromatic carbocycles. The fourth-order valence-corrected chi connectivity index (χ4v) is 2.35. The highest BCUT2D eigenvalue weighted by molar-refractivity contribution is 5.38. The summed E-state index contributed by atoms with van der Waals surface area (Å²) in [5, 5.41) is 0. The molecule has 0 aliphatic carbocycles. The molecule has 0 spiro atoms. The molecule has 1 heterocycles. The van der Waals surface area contributed by atoms with Gasteiger partial charge in [0.2, 0.25) is 0 Å². The van der Waals surface area contributed by atoms with Crippen LogP contribution in [0.5, 0.6) is 11.5 Å². The zero-order chi connectivity index (χ0) is 14.8. The average molecular weight is 291 g/mol. The molecule has 3 rings (SSSR count). The largest absolute Gasteiger partial charge is 0.487 e. The number of nitrogens with two attached hydrogens (primary N) is 1. The first-order valence-electron chi connectivity index (χ1n) is 6.72. The van der Waals surface area contributed by atoms with Crippen molar-refractivity contribution in [3.05, 3.63) is 59.2 Å². The normalized spacial score (nSPS) is 16.4. The van der Waals surface area contributed by atoms with Crippen LogP contribution in [-0.2, 0) is 13.0 Å². The average Bonchev–Trinajstić information content (AvgIpc) is 2.87. The summed E-state index contributed by atoms with van der Waals surface area (Å²) in [7, 11) is 0. The van der Waals surface area contributed by atoms with Crippen LogP contribution in [-0.4, -0.2) is 12.7 Å². The topological polar surface area (TPSA) is 44.5 Å². The molecule has 1 unspecified atom stereocenters. The molecule has 0 bridgehead atoms. The van der Waals surface area contributed by atoms with E-state index in [-0.39, 0.29) is 30.8 Å². The molecular formula is C16H15F2NO2. The lowest BCUT2D eigenvalue weighted by Crippen LogP contribution is -2.22. The van der Waals surface area contributed by atoms with Crippen LogP contribution in [0.1, 0.15) is 11.1 Å². The van der Waals surface area contributed by atoms with Crippen molar-refractivity contribution in [3.63, 3.8) is 0 Å². The predicted molar refractivity (Wildman–Crippen MR) is 74.3 cm³/mol. The van der Waals surface area contributed by atoms with Crippen molar-refractivity contribution in [2.45, 2.75) is 19.1 Å². The molecule has 0 fully saturated rings. The number of halogens is 2. The van der Waals surface area contributed by atoms with E-state index in [0.717, 1.165) is 5.56 Å². The van der Waals surface area contributed by atoms with Crippen molar-refractivity contribution in [3.8, 4) is 11.5 Å². The third-order valence-electron chi connectivity index (χ3n) is 3.42. The quantitative estimate of drug-likeness (QED) is 0.942. The Morgan fingerprint density at radius 1 is 1.19 bits per heavy atom. The number of fused-ring (bicyclic) bond motifs is 1. The van der Waals surface area contributed by atoms with Crippen LogP contribution in [0.2, 0.25) is 0 Å². The van der Waals surface area contributed by atoms with Crippen molar-refractivity contribution < 1.29 is 18.3 Å². The Morgan fingerprint density at radius 3 is 2.81 bits per heavy atom. The highest BCUT2D eigenvalue weighted by atomic mass is 19.1. The van der Waals surface area contributed by atoms with Gasteiger partial charge in [-0.25, -0.2) is 8.78 Å². The second-order valence-corrected chi connectivity index (χ2v) is 4.98. The number of rotatable bonds is 4. The molecule has 1 aliphatic heterocycles. The van der Waals surface area contributed by atoms with Crippen LogP contribution in [0.4, 0.5) is 8.78 Å². The second kappa shape index (κ2) is 5.69. The molecule has 5 heteroatoms. The Morgan fingerprint density at radius 2 is 2.05 bits per heavy atom. The lowest BCUT2D eigenvalue weighted by atomic mass is 10.1. The monoisotopic (exact) mass is 291 g/mol. The molecule has 0 aromatic heterocycles. The van der Waals surface area contributed by atoms with Gasteiger partial charge in [0, 0.05) is 18.5 Å². The fourth-order valence-electron chi connectivity index (χ4n) is 2.35. The van der Waals surface area contributed by atoms with E-state index in [2.05, 4.69) is 0 Å². The summed E-state index contributed by atoms with van der Waals surface area (Å²) in [4.78, 5) is 0. The van der Waals surface area contributed by atoms with Gasteiger partial charge in [0.1, 0.15) is 24.3 Å². The van der Waals surface area contributed by atoms with E-state index in [1.54, 1.807) is 18.2 Å². The van der Waals surface area contributed by atoms with Gasteiger partial charge in [0.05, 0.1) is 0 Å². The lowest BCUT2D eigenvalue weighted by Gasteiger charge is -2.13. The van der Waals surface area contributed by atoms with Gasteiger partial charge in [-0.15, -0.1) is 0 Å². The minimum absolute atomic E-state index is 0.165. The summed E-state index contributed by atoms with van der Waals surface area (Å²) in [5.41, 5.74) is 6.96. The van der Waals surface area contributed by atoms with E-state index in [1.807, 2.05) is 0 Å². The minimum atomic E-state index is -0.445. The molecule has 21 heavy (non-hydrogen) atoms. The van der Waals surface area contributed by atoms with Crippen LogP contribution in [0.3, 0.4) is 0 Å². The van der Waals surface area contributed by atoms with E-state index in [0.29, 0.717) is 17.7 Å². The Balaban J connectivity index is 1.62. The molecule has 0 saturated heterocycles. The molecule has 1 atom stereocenters. The van der Waals surface area contributed by atoms with E-state index >= 15 is 0 Å². The van der Waals surface area contributed by atoms with Gasteiger partial charge in [-0.05, 0) is 35.9 Å². The summed E-state index contributed by atoms with van der Waals surface area (Å²) in [6.45, 7) is 0.485. The zero-order valence-electron chi connectivity index (χ0n) is 11.3. The van der Waals surface area contributed by atoms with Crippen LogP contribution in [0.15, 0.2) is 36.4 Å². The zero-order valence-corrected chi connectivity index (χ0v) is 11.3. The third-order valence-corrected chi connectivity index (χ3v) is 3.42. The van der Waals surface area contributed by atoms with Crippen LogP contribution < -0.4 is 15.2 Å². The molecule has 0 amide bonds. The molecule has 0 radical (unpaired) electrons. The highest BCUT2D eigenvalue weighted by Crippen LogP contribution is 2.29. The van der Waals surface area contributed by atoms with E-state index < -0.39 is 5.82 Å². The molecule has 1 aliphatic rings. The standard InChI is InChI=1S/C16H15F2NO2/c17-12-2-4-15-11(6-12)7-13(21-15)9-20-16-3-1-10(8-19)5-14(16)18/h1-6,13H,7-9,19H2. The number of hydrogen-bond donors (Lipinski definition) is 1. The maximum atomic E-state index is 13.8. The van der Waals surface area contributed by atoms with Crippen molar-refractivity contribution in [2.24, 2.45) is 5.73 Å². The van der Waals surface area contributed by atoms with Gasteiger partial charge in [-0.2, -0.15) is 0 Å². The minimum Gasteiger partial charge on any atom is -0.487 e. The third kappa shape index (κ3) is 2.97. The van der Waals surface area contributed by atoms with Gasteiger partial charge >= 0.3 is 0 Å². The van der Waals surface area contributed by atoms with Crippen LogP contribution >= 0.6 is 0 Å². The van der Waals surface area contributed by atoms with Gasteiger partial charge in [-0.3, -0.25) is 0 Å². The first-order valence-corrected chi connectivity index (χ1v) is 6.72. The van der Waals surface area contributed by atoms with Crippen molar-refractivity contribution in [1.29, 1.82) is 0 Å². The maximum Gasteiger partial charge on any atom is 0.165 e. The van der Waals surface area contributed by atoms with Crippen molar-refractivity contribution in [2.75, 3.05) is 6.61 Å². The van der Waals surface area contributed by atoms with Gasteiger partial charge < -0.3 is 15.2 Å². The summed E-state index contributed by atoms with van der Waals surface area (Å²) in [6.07, 6.45) is 0.311. The predicted octanol–water partition coefficient (Wildman–Crippen LogP) is 2.81. The highest BCUT2D eigenvalue weighted by Gasteiger charge is 2.24. The van der Waals surface area contributed by atoms with Crippen molar-refractivity contribution >= 4 is 0 Å². The van der Waals surface area contributed by atoms with Crippen LogP contribution in [0.25, 0.3) is 0 Å². The maximum absolute atomic E-state index is 13.8. The first kappa shape index (κ1) is 13.8. The van der Waals surface area contributed by atoms with Crippen molar-refractivity contribution in [1.82, 2.24) is 0 Å². The van der Waals surface area contributed by atoms with Gasteiger partial charge in [0.25, 0.3) is 0 Å². The lowest BCUT2D eigenvalue weighted by molar-refractivity contribution is 0.145. The summed E-state index contributed by atoms with van der Waals surface area (Å²) >= 11 is 0. The first-order chi connectivity index (χ1) is 10.2. The van der Waals surface area contributed by atoms with Gasteiger partial charge in [0.15, 0.2) is 11.6 Å². The van der Waals surface area contributed by atoms with Crippen LogP contribution in [0, 0.1) is 11.6 Å². The molecular weight excluding hydrogens is 276 g/mol. The Hall–Kier alpha value is -2.14. The number of hydrogen-bond acceptors (Lipinski definition) is 3. The Bertz CT molecular complexity index is 661. The van der Waals surface area contributed by atoms with E-state index in [9.17, 15) is 8.78 Å². The molecule has 3 nitrogen and oxygen atoms in total. The molecule has 2 N–H and O–H groups in total. The SMILES string of the molecule is NCc1ccc(OCC2Cc3cc(F)ccc3O2)c(F)c1. The molecule has 0 saturated carbocycles. The second-order valence-electron chi connectivity index (χ2n) is 4.98. The summed E-state index contributed by atoms with van der Waals surface area (Å²) in [6, 6.07) is 9.03. The summed E-state index contributed by atoms with van der Waals surface area (Å²) in [5.74, 6) is 0.0868. The number of benzene rings is 2. The van der Waals surface area contributed by atoms with E-state index in [1.165, 1.54) is 18.2 Å². The molecule has 110 valence electrons. The van der Waals surface area contributed by atoms with E-state index in [4.69, 9.17) is 15.2 Å². The molecule has 2 aromatic rings. The fraction of sp³-hybridized carbons (Fsp3) is 0.250. The Kier molecular flexibility index (Phi) is 3.75. The number of ether oxygens (including phenoxy) is 2. The Labute approximate surface area is 121 Å².